The molecular weight excluding hydrogens is 339 g/mol. The molecule has 1 heterocycles. The average molecular weight is 368 g/mol. The van der Waals surface area contributed by atoms with Gasteiger partial charge in [-0.15, -0.1) is 0 Å². The zero-order valence-corrected chi connectivity index (χ0v) is 17.4. The summed E-state index contributed by atoms with van der Waals surface area (Å²) in [7, 11) is 1.23. The van der Waals surface area contributed by atoms with E-state index in [1.54, 1.807) is 7.11 Å². The second kappa shape index (κ2) is 7.21. The first-order valence-corrected chi connectivity index (χ1v) is 9.35. The number of hydrogen-bond donors (Lipinski definition) is 0. The van der Waals surface area contributed by atoms with E-state index in [1.165, 1.54) is 5.56 Å². The minimum Gasteiger partial charge on any atom is -0.497 e. The molecule has 0 radical (unpaired) electrons. The summed E-state index contributed by atoms with van der Waals surface area (Å²) in [6, 6.07) is 12.1. The monoisotopic (exact) mass is 368 g/mol. The normalized spacial score (nSPS) is 17.8. The lowest BCUT2D eigenvalue weighted by atomic mass is 9.76. The number of aryl methyl sites for hydroxylation is 2. The van der Waals surface area contributed by atoms with Crippen molar-refractivity contribution in [2.45, 2.75) is 59.4 Å². The van der Waals surface area contributed by atoms with Crippen LogP contribution in [-0.4, -0.2) is 25.4 Å². The second-order valence-corrected chi connectivity index (χ2v) is 8.21. The first-order valence-electron chi connectivity index (χ1n) is 9.35. The minimum absolute atomic E-state index is 0.386. The van der Waals surface area contributed by atoms with Gasteiger partial charge < -0.3 is 18.8 Å². The summed E-state index contributed by atoms with van der Waals surface area (Å²) in [6.07, 6.45) is 0. The van der Waals surface area contributed by atoms with Crippen molar-refractivity contribution < 1.29 is 18.8 Å². The van der Waals surface area contributed by atoms with Crippen LogP contribution in [0.5, 0.6) is 11.5 Å². The van der Waals surface area contributed by atoms with Crippen molar-refractivity contribution in [3.05, 3.63) is 53.1 Å². The van der Waals surface area contributed by atoms with Gasteiger partial charge in [0.2, 0.25) is 0 Å². The Morgan fingerprint density at radius 1 is 0.926 bits per heavy atom. The molecule has 144 valence electrons. The van der Waals surface area contributed by atoms with Crippen LogP contribution in [0.15, 0.2) is 36.4 Å². The predicted molar refractivity (Wildman–Crippen MR) is 109 cm³/mol. The third-order valence-corrected chi connectivity index (χ3v) is 5.57. The molecule has 5 heteroatoms. The van der Waals surface area contributed by atoms with E-state index in [0.29, 0.717) is 6.61 Å². The molecule has 0 unspecified atom stereocenters. The van der Waals surface area contributed by atoms with Gasteiger partial charge in [0.25, 0.3) is 0 Å². The number of hydrogen-bond acceptors (Lipinski definition) is 4. The summed E-state index contributed by atoms with van der Waals surface area (Å²) in [5.41, 5.74) is 3.54. The molecule has 2 aromatic carbocycles. The lowest BCUT2D eigenvalue weighted by Crippen LogP contribution is -2.41. The van der Waals surface area contributed by atoms with Gasteiger partial charge in [-0.2, -0.15) is 0 Å². The van der Waals surface area contributed by atoms with E-state index in [0.717, 1.165) is 28.1 Å². The molecule has 1 aliphatic heterocycles. The van der Waals surface area contributed by atoms with Crippen LogP contribution in [-0.2, 0) is 15.9 Å². The lowest BCUT2D eigenvalue weighted by molar-refractivity contribution is 0.00578. The van der Waals surface area contributed by atoms with Crippen molar-refractivity contribution in [3.63, 3.8) is 0 Å². The molecule has 1 aliphatic rings. The van der Waals surface area contributed by atoms with Gasteiger partial charge in [-0.05, 0) is 76.3 Å². The zero-order valence-electron chi connectivity index (χ0n) is 17.4. The van der Waals surface area contributed by atoms with Crippen molar-refractivity contribution in [2.75, 3.05) is 7.11 Å². The van der Waals surface area contributed by atoms with Crippen LogP contribution in [0.1, 0.15) is 44.4 Å². The van der Waals surface area contributed by atoms with Gasteiger partial charge >= 0.3 is 7.12 Å². The van der Waals surface area contributed by atoms with Gasteiger partial charge in [-0.25, -0.2) is 0 Å². The summed E-state index contributed by atoms with van der Waals surface area (Å²) in [6.45, 7) is 12.8. The van der Waals surface area contributed by atoms with E-state index in [-0.39, 0.29) is 11.2 Å². The Morgan fingerprint density at radius 3 is 2.19 bits per heavy atom. The second-order valence-electron chi connectivity index (χ2n) is 8.21. The van der Waals surface area contributed by atoms with E-state index >= 15 is 0 Å². The summed E-state index contributed by atoms with van der Waals surface area (Å²) in [5.74, 6) is 1.66. The Hall–Kier alpha value is -1.98. The number of rotatable bonds is 5. The molecule has 0 amide bonds. The first kappa shape index (κ1) is 19.8. The van der Waals surface area contributed by atoms with Crippen LogP contribution < -0.4 is 14.9 Å². The highest BCUT2D eigenvalue weighted by Crippen LogP contribution is 2.37. The third-order valence-electron chi connectivity index (χ3n) is 5.57. The standard InChI is InChI=1S/C22H29BO4/c1-15-8-11-20(16(2)12-15)25-14-17-13-18(24-7)9-10-19(17)23-26-21(3,4)22(5,6)27-23/h8-13H,14H2,1-7H3. The summed E-state index contributed by atoms with van der Waals surface area (Å²) in [4.78, 5) is 0. The highest BCUT2D eigenvalue weighted by Gasteiger charge is 2.52. The van der Waals surface area contributed by atoms with Crippen LogP contribution in [0.4, 0.5) is 0 Å². The topological polar surface area (TPSA) is 36.9 Å². The largest absolute Gasteiger partial charge is 0.497 e. The number of methoxy groups -OCH3 is 1. The molecular formula is C22H29BO4. The van der Waals surface area contributed by atoms with Gasteiger partial charge in [0.15, 0.2) is 0 Å². The predicted octanol–water partition coefficient (Wildman–Crippen LogP) is 4.19. The minimum atomic E-state index is -0.432. The van der Waals surface area contributed by atoms with Gasteiger partial charge in [0.1, 0.15) is 18.1 Å². The van der Waals surface area contributed by atoms with E-state index in [9.17, 15) is 0 Å². The summed E-state index contributed by atoms with van der Waals surface area (Å²) in [5, 5.41) is 0. The summed E-state index contributed by atoms with van der Waals surface area (Å²) >= 11 is 0. The fourth-order valence-corrected chi connectivity index (χ4v) is 3.15. The quantitative estimate of drug-likeness (QED) is 0.742. The van der Waals surface area contributed by atoms with Crippen molar-refractivity contribution in [2.24, 2.45) is 0 Å². The van der Waals surface area contributed by atoms with Crippen LogP contribution >= 0.6 is 0 Å². The van der Waals surface area contributed by atoms with Crippen LogP contribution in [0, 0.1) is 13.8 Å². The van der Waals surface area contributed by atoms with Crippen molar-refractivity contribution in [3.8, 4) is 11.5 Å². The van der Waals surface area contributed by atoms with E-state index < -0.39 is 7.12 Å². The molecule has 0 spiro atoms. The maximum atomic E-state index is 6.24. The molecule has 0 saturated carbocycles. The highest BCUT2D eigenvalue weighted by molar-refractivity contribution is 6.62. The van der Waals surface area contributed by atoms with Crippen molar-refractivity contribution in [1.29, 1.82) is 0 Å². The molecule has 0 aliphatic carbocycles. The third kappa shape index (κ3) is 3.99. The van der Waals surface area contributed by atoms with E-state index in [4.69, 9.17) is 18.8 Å². The van der Waals surface area contributed by atoms with Crippen molar-refractivity contribution >= 4 is 12.6 Å². The molecule has 0 N–H and O–H groups in total. The van der Waals surface area contributed by atoms with Crippen LogP contribution in [0.3, 0.4) is 0 Å². The first-order chi connectivity index (χ1) is 12.6. The van der Waals surface area contributed by atoms with Crippen LogP contribution in [0.2, 0.25) is 0 Å². The molecule has 3 rings (SSSR count). The van der Waals surface area contributed by atoms with Gasteiger partial charge in [0, 0.05) is 0 Å². The molecule has 1 saturated heterocycles. The highest BCUT2D eigenvalue weighted by atomic mass is 16.7. The SMILES string of the molecule is COc1ccc(B2OC(C)(C)C(C)(C)O2)c(COc2ccc(C)cc2C)c1. The molecule has 4 nitrogen and oxygen atoms in total. The summed E-state index contributed by atoms with van der Waals surface area (Å²) < 4.78 is 24.0. The fourth-order valence-electron chi connectivity index (χ4n) is 3.15. The van der Waals surface area contributed by atoms with E-state index in [1.807, 2.05) is 24.3 Å². The Kier molecular flexibility index (Phi) is 5.28. The molecule has 0 atom stereocenters. The molecule has 1 fully saturated rings. The molecule has 0 bridgehead atoms. The molecule has 2 aromatic rings. The van der Waals surface area contributed by atoms with E-state index in [2.05, 4.69) is 53.7 Å². The lowest BCUT2D eigenvalue weighted by Gasteiger charge is -2.32. The average Bonchev–Trinajstić information content (AvgIpc) is 2.81. The molecule has 0 aromatic heterocycles. The van der Waals surface area contributed by atoms with Crippen molar-refractivity contribution in [1.82, 2.24) is 0 Å². The van der Waals surface area contributed by atoms with Gasteiger partial charge in [-0.1, -0.05) is 23.8 Å². The zero-order chi connectivity index (χ0) is 19.8. The number of benzene rings is 2. The molecule has 27 heavy (non-hydrogen) atoms. The Labute approximate surface area is 162 Å². The Morgan fingerprint density at radius 2 is 1.59 bits per heavy atom. The maximum Gasteiger partial charge on any atom is 0.495 e. The maximum absolute atomic E-state index is 6.24. The number of ether oxygens (including phenoxy) is 2. The van der Waals surface area contributed by atoms with Crippen LogP contribution in [0.25, 0.3) is 0 Å². The van der Waals surface area contributed by atoms with Gasteiger partial charge in [0.05, 0.1) is 18.3 Å². The Bertz CT molecular complexity index is 813. The van der Waals surface area contributed by atoms with Gasteiger partial charge in [-0.3, -0.25) is 0 Å². The smallest absolute Gasteiger partial charge is 0.495 e. The fraction of sp³-hybridized carbons (Fsp3) is 0.455. The Balaban J connectivity index is 1.88.